The van der Waals surface area contributed by atoms with E-state index in [0.717, 1.165) is 35.0 Å². The molecular weight excluding hydrogens is 274 g/mol. The zero-order valence-corrected chi connectivity index (χ0v) is 12.7. The van der Waals surface area contributed by atoms with Crippen molar-refractivity contribution in [3.63, 3.8) is 0 Å². The second-order valence-corrected chi connectivity index (χ2v) is 5.37. The predicted molar refractivity (Wildman–Crippen MR) is 83.3 cm³/mol. The van der Waals surface area contributed by atoms with Gasteiger partial charge in [-0.25, -0.2) is 4.79 Å². The fourth-order valence-corrected chi connectivity index (χ4v) is 2.65. The molecule has 0 aliphatic rings. The van der Waals surface area contributed by atoms with E-state index in [2.05, 4.69) is 6.92 Å². The molecule has 2 aromatic rings. The Morgan fingerprint density at radius 1 is 1.45 bits per heavy atom. The number of aliphatic carboxylic acids is 1. The number of carboxylic acids is 1. The third-order valence-electron chi connectivity index (χ3n) is 3.34. The molecule has 0 unspecified atom stereocenters. The third kappa shape index (κ3) is 2.59. The molecule has 4 heteroatoms. The molecule has 0 radical (unpaired) electrons. The minimum atomic E-state index is -0.926. The second-order valence-electron chi connectivity index (χ2n) is 5.01. The Morgan fingerprint density at radius 2 is 2.15 bits per heavy atom. The van der Waals surface area contributed by atoms with Crippen LogP contribution in [0.25, 0.3) is 17.0 Å². The highest BCUT2D eigenvalue weighted by molar-refractivity contribution is 6.33. The lowest BCUT2D eigenvalue weighted by Crippen LogP contribution is -1.97. The number of nitrogens with zero attached hydrogens (tertiary/aromatic N) is 1. The van der Waals surface area contributed by atoms with Crippen LogP contribution in [0.5, 0.6) is 0 Å². The van der Waals surface area contributed by atoms with Crippen molar-refractivity contribution in [2.24, 2.45) is 0 Å². The summed E-state index contributed by atoms with van der Waals surface area (Å²) in [5.41, 5.74) is 3.25. The standard InChI is InChI=1S/C16H18ClNO2/c1-4-7-18-14-6-5-10(2)8-12(14)13(15(18)17)9-11(3)16(19)20/h5-6,8-9H,4,7H2,1-3H3,(H,19,20)/b11-9+. The van der Waals surface area contributed by atoms with Crippen LogP contribution in [-0.2, 0) is 11.3 Å². The molecular formula is C16H18ClNO2. The largest absolute Gasteiger partial charge is 0.478 e. The fraction of sp³-hybridized carbons (Fsp3) is 0.312. The van der Waals surface area contributed by atoms with Gasteiger partial charge in [0.05, 0.1) is 0 Å². The van der Waals surface area contributed by atoms with E-state index in [-0.39, 0.29) is 5.57 Å². The summed E-state index contributed by atoms with van der Waals surface area (Å²) in [6.07, 6.45) is 2.62. The molecule has 0 aliphatic carbocycles. The summed E-state index contributed by atoms with van der Waals surface area (Å²) >= 11 is 6.46. The molecule has 2 rings (SSSR count). The van der Waals surface area contributed by atoms with Gasteiger partial charge in [0.25, 0.3) is 0 Å². The maximum absolute atomic E-state index is 11.0. The van der Waals surface area contributed by atoms with Crippen LogP contribution in [-0.4, -0.2) is 15.6 Å². The van der Waals surface area contributed by atoms with Crippen molar-refractivity contribution in [2.45, 2.75) is 33.7 Å². The van der Waals surface area contributed by atoms with Gasteiger partial charge in [-0.2, -0.15) is 0 Å². The number of halogens is 1. The summed E-state index contributed by atoms with van der Waals surface area (Å²) in [5, 5.41) is 10.7. The first kappa shape index (κ1) is 14.7. The lowest BCUT2D eigenvalue weighted by atomic mass is 10.1. The number of hydrogen-bond donors (Lipinski definition) is 1. The maximum Gasteiger partial charge on any atom is 0.331 e. The van der Waals surface area contributed by atoms with Crippen LogP contribution in [0.1, 0.15) is 31.4 Å². The van der Waals surface area contributed by atoms with Crippen molar-refractivity contribution in [1.82, 2.24) is 4.57 Å². The number of carbonyl (C=O) groups is 1. The molecule has 1 N–H and O–H groups in total. The van der Waals surface area contributed by atoms with E-state index in [1.807, 2.05) is 29.7 Å². The number of rotatable bonds is 4. The highest BCUT2D eigenvalue weighted by atomic mass is 35.5. The van der Waals surface area contributed by atoms with Gasteiger partial charge < -0.3 is 9.67 Å². The van der Waals surface area contributed by atoms with Crippen molar-refractivity contribution in [3.8, 4) is 0 Å². The third-order valence-corrected chi connectivity index (χ3v) is 3.75. The van der Waals surface area contributed by atoms with E-state index in [0.29, 0.717) is 5.15 Å². The Labute approximate surface area is 123 Å². The lowest BCUT2D eigenvalue weighted by Gasteiger charge is -2.04. The number of aromatic nitrogens is 1. The first-order valence-corrected chi connectivity index (χ1v) is 7.03. The monoisotopic (exact) mass is 291 g/mol. The van der Waals surface area contributed by atoms with Crippen molar-refractivity contribution >= 4 is 34.5 Å². The van der Waals surface area contributed by atoms with Gasteiger partial charge in [0.2, 0.25) is 0 Å². The molecule has 3 nitrogen and oxygen atoms in total. The molecule has 1 heterocycles. The fourth-order valence-electron chi connectivity index (χ4n) is 2.32. The molecule has 1 aromatic carbocycles. The molecule has 0 amide bonds. The summed E-state index contributed by atoms with van der Waals surface area (Å²) in [7, 11) is 0. The number of aryl methyl sites for hydroxylation is 2. The van der Waals surface area contributed by atoms with Crippen LogP contribution < -0.4 is 0 Å². The molecule has 1 aromatic heterocycles. The highest BCUT2D eigenvalue weighted by Gasteiger charge is 2.15. The van der Waals surface area contributed by atoms with Gasteiger partial charge in [-0.3, -0.25) is 0 Å². The van der Waals surface area contributed by atoms with Crippen molar-refractivity contribution in [1.29, 1.82) is 0 Å². The van der Waals surface area contributed by atoms with Crippen LogP contribution in [0, 0.1) is 6.92 Å². The van der Waals surface area contributed by atoms with E-state index in [1.165, 1.54) is 0 Å². The van der Waals surface area contributed by atoms with Crippen LogP contribution in [0.2, 0.25) is 5.15 Å². The molecule has 0 bridgehead atoms. The van der Waals surface area contributed by atoms with Gasteiger partial charge in [0.1, 0.15) is 5.15 Å². The van der Waals surface area contributed by atoms with Gasteiger partial charge in [-0.05, 0) is 38.5 Å². The van der Waals surface area contributed by atoms with E-state index < -0.39 is 5.97 Å². The average molecular weight is 292 g/mol. The minimum absolute atomic E-state index is 0.281. The van der Waals surface area contributed by atoms with Crippen LogP contribution in [0.3, 0.4) is 0 Å². The van der Waals surface area contributed by atoms with E-state index in [4.69, 9.17) is 16.7 Å². The van der Waals surface area contributed by atoms with Gasteiger partial charge in [0, 0.05) is 28.6 Å². The molecule has 0 saturated heterocycles. The normalized spacial score (nSPS) is 12.1. The van der Waals surface area contributed by atoms with Gasteiger partial charge in [0.15, 0.2) is 0 Å². The molecule has 0 aliphatic heterocycles. The minimum Gasteiger partial charge on any atom is -0.478 e. The molecule has 106 valence electrons. The quantitative estimate of drug-likeness (QED) is 0.843. The van der Waals surface area contributed by atoms with Crippen molar-refractivity contribution in [2.75, 3.05) is 0 Å². The summed E-state index contributed by atoms with van der Waals surface area (Å²) in [6.45, 7) is 6.51. The highest BCUT2D eigenvalue weighted by Crippen LogP contribution is 2.32. The molecule has 0 saturated carbocycles. The number of benzene rings is 1. The maximum atomic E-state index is 11.0. The zero-order valence-electron chi connectivity index (χ0n) is 11.9. The summed E-state index contributed by atoms with van der Waals surface area (Å²) < 4.78 is 2.04. The number of hydrogen-bond acceptors (Lipinski definition) is 1. The number of fused-ring (bicyclic) bond motifs is 1. The summed E-state index contributed by atoms with van der Waals surface area (Å²) in [4.78, 5) is 11.0. The average Bonchev–Trinajstić information content (AvgIpc) is 2.64. The molecule has 0 fully saturated rings. The van der Waals surface area contributed by atoms with Crippen LogP contribution in [0.15, 0.2) is 23.8 Å². The first-order valence-electron chi connectivity index (χ1n) is 6.65. The molecule has 0 spiro atoms. The number of carboxylic acid groups (broad SMARTS) is 1. The topological polar surface area (TPSA) is 42.2 Å². The SMILES string of the molecule is CCCn1c(Cl)c(/C=C(\C)C(=O)O)c2cc(C)ccc21. The lowest BCUT2D eigenvalue weighted by molar-refractivity contribution is -0.132. The molecule has 20 heavy (non-hydrogen) atoms. The Bertz CT molecular complexity index is 698. The van der Waals surface area contributed by atoms with Gasteiger partial charge >= 0.3 is 5.97 Å². The Morgan fingerprint density at radius 3 is 2.75 bits per heavy atom. The second kappa shape index (κ2) is 5.71. The smallest absolute Gasteiger partial charge is 0.331 e. The summed E-state index contributed by atoms with van der Waals surface area (Å²) in [5.74, 6) is -0.926. The zero-order chi connectivity index (χ0) is 14.9. The van der Waals surface area contributed by atoms with E-state index in [1.54, 1.807) is 13.0 Å². The van der Waals surface area contributed by atoms with E-state index >= 15 is 0 Å². The Balaban J connectivity index is 2.75. The summed E-state index contributed by atoms with van der Waals surface area (Å²) in [6, 6.07) is 6.14. The Hall–Kier alpha value is -1.74. The van der Waals surface area contributed by atoms with Crippen molar-refractivity contribution < 1.29 is 9.90 Å². The predicted octanol–water partition coefficient (Wildman–Crippen LogP) is 4.50. The van der Waals surface area contributed by atoms with E-state index in [9.17, 15) is 4.79 Å². The van der Waals surface area contributed by atoms with Crippen LogP contribution in [0.4, 0.5) is 0 Å². The van der Waals surface area contributed by atoms with Crippen LogP contribution >= 0.6 is 11.6 Å². The van der Waals surface area contributed by atoms with Crippen molar-refractivity contribution in [3.05, 3.63) is 40.1 Å². The first-order chi connectivity index (χ1) is 9.45. The van der Waals surface area contributed by atoms with Gasteiger partial charge in [-0.1, -0.05) is 30.2 Å². The van der Waals surface area contributed by atoms with Gasteiger partial charge in [-0.15, -0.1) is 0 Å². The Kier molecular flexibility index (Phi) is 4.19. The molecule has 0 atom stereocenters.